The molecule has 1 N–H and O–H groups in total. The fraction of sp³-hybridized carbons (Fsp3) is 0.444. The third kappa shape index (κ3) is 2.33. The van der Waals surface area contributed by atoms with Crippen molar-refractivity contribution >= 4 is 5.91 Å². The molecule has 1 aromatic heterocycles. The molecule has 1 heterocycles. The lowest BCUT2D eigenvalue weighted by molar-refractivity contribution is -0.121. The van der Waals surface area contributed by atoms with Crippen LogP contribution in [0.2, 0.25) is 0 Å². The van der Waals surface area contributed by atoms with Gasteiger partial charge in [-0.2, -0.15) is 5.26 Å². The van der Waals surface area contributed by atoms with Crippen LogP contribution in [0.1, 0.15) is 11.4 Å². The molecule has 0 saturated heterocycles. The summed E-state index contributed by atoms with van der Waals surface area (Å²) < 4.78 is 1.75. The van der Waals surface area contributed by atoms with E-state index < -0.39 is 0 Å². The Morgan fingerprint density at radius 3 is 2.93 bits per heavy atom. The summed E-state index contributed by atoms with van der Waals surface area (Å²) in [4.78, 5) is 15.3. The second kappa shape index (κ2) is 4.42. The van der Waals surface area contributed by atoms with Crippen molar-refractivity contribution in [2.75, 3.05) is 6.54 Å². The molecule has 0 fully saturated rings. The number of nitrogens with zero attached hydrogens (tertiary/aromatic N) is 3. The number of nitrogens with one attached hydrogen (secondary N) is 1. The molecule has 74 valence electrons. The van der Waals surface area contributed by atoms with Gasteiger partial charge in [0.15, 0.2) is 0 Å². The van der Waals surface area contributed by atoms with Gasteiger partial charge in [0.05, 0.1) is 18.1 Å². The molecule has 0 aromatic carbocycles. The van der Waals surface area contributed by atoms with Crippen LogP contribution in [0.15, 0.2) is 6.33 Å². The average Bonchev–Trinajstić information content (AvgIpc) is 2.46. The Morgan fingerprint density at radius 1 is 1.71 bits per heavy atom. The van der Waals surface area contributed by atoms with Gasteiger partial charge in [0.2, 0.25) is 5.91 Å². The molecular weight excluding hydrogens is 180 g/mol. The summed E-state index contributed by atoms with van der Waals surface area (Å²) >= 11 is 0. The summed E-state index contributed by atoms with van der Waals surface area (Å²) in [7, 11) is 0. The van der Waals surface area contributed by atoms with Gasteiger partial charge >= 0.3 is 0 Å². The Hall–Kier alpha value is -1.83. The highest BCUT2D eigenvalue weighted by Gasteiger charge is 2.05. The second-order valence-corrected chi connectivity index (χ2v) is 2.98. The number of aromatic nitrogens is 2. The van der Waals surface area contributed by atoms with Gasteiger partial charge in [-0.1, -0.05) is 0 Å². The number of rotatable bonds is 3. The first kappa shape index (κ1) is 10.3. The van der Waals surface area contributed by atoms with Crippen LogP contribution in [0.25, 0.3) is 0 Å². The Balaban J connectivity index is 2.57. The average molecular weight is 192 g/mol. The first-order chi connectivity index (χ1) is 6.65. The maximum Gasteiger partial charge on any atom is 0.240 e. The lowest BCUT2D eigenvalue weighted by Gasteiger charge is -2.04. The zero-order chi connectivity index (χ0) is 10.6. The van der Waals surface area contributed by atoms with E-state index in [2.05, 4.69) is 10.3 Å². The van der Waals surface area contributed by atoms with E-state index in [0.29, 0.717) is 0 Å². The summed E-state index contributed by atoms with van der Waals surface area (Å²) in [5, 5.41) is 10.7. The maximum absolute atomic E-state index is 11.2. The SMILES string of the molecule is Cc1ncn(CC(=O)NCC#N)c1C. The number of hydrogen-bond donors (Lipinski definition) is 1. The number of carbonyl (C=O) groups excluding carboxylic acids is 1. The third-order valence-corrected chi connectivity index (χ3v) is 2.02. The fourth-order valence-corrected chi connectivity index (χ4v) is 1.05. The molecule has 1 aromatic rings. The van der Waals surface area contributed by atoms with E-state index in [-0.39, 0.29) is 19.0 Å². The van der Waals surface area contributed by atoms with Crippen molar-refractivity contribution in [1.82, 2.24) is 14.9 Å². The van der Waals surface area contributed by atoms with E-state index in [1.165, 1.54) is 0 Å². The van der Waals surface area contributed by atoms with Crippen molar-refractivity contribution in [2.45, 2.75) is 20.4 Å². The summed E-state index contributed by atoms with van der Waals surface area (Å²) in [6.07, 6.45) is 1.62. The molecule has 1 rings (SSSR count). The molecule has 0 atom stereocenters. The summed E-state index contributed by atoms with van der Waals surface area (Å²) in [6, 6.07) is 1.85. The normalized spacial score (nSPS) is 9.50. The molecule has 0 unspecified atom stereocenters. The van der Waals surface area contributed by atoms with Gasteiger partial charge < -0.3 is 9.88 Å². The van der Waals surface area contributed by atoms with Gasteiger partial charge in [0.25, 0.3) is 0 Å². The number of aryl methyl sites for hydroxylation is 1. The van der Waals surface area contributed by atoms with Crippen molar-refractivity contribution < 1.29 is 4.79 Å². The van der Waals surface area contributed by atoms with Crippen LogP contribution in [0.3, 0.4) is 0 Å². The van der Waals surface area contributed by atoms with Crippen LogP contribution in [0.4, 0.5) is 0 Å². The molecule has 0 bridgehead atoms. The quantitative estimate of drug-likeness (QED) is 0.692. The molecule has 0 saturated carbocycles. The van der Waals surface area contributed by atoms with Crippen LogP contribution in [0, 0.1) is 25.2 Å². The lowest BCUT2D eigenvalue weighted by atomic mass is 10.4. The zero-order valence-electron chi connectivity index (χ0n) is 8.24. The second-order valence-electron chi connectivity index (χ2n) is 2.98. The summed E-state index contributed by atoms with van der Waals surface area (Å²) in [5.74, 6) is -0.174. The maximum atomic E-state index is 11.2. The number of nitriles is 1. The number of carbonyl (C=O) groups is 1. The van der Waals surface area contributed by atoms with Gasteiger partial charge in [-0.3, -0.25) is 4.79 Å². The van der Waals surface area contributed by atoms with Crippen molar-refractivity contribution in [1.29, 1.82) is 5.26 Å². The van der Waals surface area contributed by atoms with E-state index in [4.69, 9.17) is 5.26 Å². The van der Waals surface area contributed by atoms with E-state index >= 15 is 0 Å². The van der Waals surface area contributed by atoms with Gasteiger partial charge in [-0.15, -0.1) is 0 Å². The van der Waals surface area contributed by atoms with E-state index in [9.17, 15) is 4.79 Å². The predicted molar refractivity (Wildman–Crippen MR) is 50.3 cm³/mol. The van der Waals surface area contributed by atoms with Crippen LogP contribution < -0.4 is 5.32 Å². The molecule has 0 aliphatic carbocycles. The van der Waals surface area contributed by atoms with E-state index in [1.54, 1.807) is 10.9 Å². The zero-order valence-corrected chi connectivity index (χ0v) is 8.24. The minimum Gasteiger partial charge on any atom is -0.341 e. The smallest absolute Gasteiger partial charge is 0.240 e. The number of hydrogen-bond acceptors (Lipinski definition) is 3. The molecular formula is C9H12N4O. The third-order valence-electron chi connectivity index (χ3n) is 2.02. The molecule has 5 nitrogen and oxygen atoms in total. The van der Waals surface area contributed by atoms with E-state index in [0.717, 1.165) is 11.4 Å². The molecule has 0 aliphatic rings. The summed E-state index contributed by atoms with van der Waals surface area (Å²) in [5.41, 5.74) is 1.88. The standard InChI is InChI=1S/C9H12N4O/c1-7-8(2)13(6-12-7)5-9(14)11-4-3-10/h6H,4-5H2,1-2H3,(H,11,14). The predicted octanol–water partition coefficient (Wildman–Crippen LogP) is 0.140. The van der Waals surface area contributed by atoms with Crippen molar-refractivity contribution in [3.8, 4) is 6.07 Å². The van der Waals surface area contributed by atoms with Gasteiger partial charge in [0, 0.05) is 5.69 Å². The number of imidazole rings is 1. The molecule has 14 heavy (non-hydrogen) atoms. The van der Waals surface area contributed by atoms with Gasteiger partial charge in [0.1, 0.15) is 13.1 Å². The van der Waals surface area contributed by atoms with E-state index in [1.807, 2.05) is 19.9 Å². The van der Waals surface area contributed by atoms with Crippen LogP contribution in [0.5, 0.6) is 0 Å². The largest absolute Gasteiger partial charge is 0.341 e. The highest BCUT2D eigenvalue weighted by Crippen LogP contribution is 2.03. The van der Waals surface area contributed by atoms with Crippen LogP contribution in [-0.2, 0) is 11.3 Å². The van der Waals surface area contributed by atoms with Gasteiger partial charge in [-0.25, -0.2) is 4.98 Å². The van der Waals surface area contributed by atoms with Crippen LogP contribution in [-0.4, -0.2) is 22.0 Å². The minimum absolute atomic E-state index is 0.0472. The highest BCUT2D eigenvalue weighted by molar-refractivity contribution is 5.76. The first-order valence-electron chi connectivity index (χ1n) is 4.27. The van der Waals surface area contributed by atoms with Gasteiger partial charge in [-0.05, 0) is 13.8 Å². The monoisotopic (exact) mass is 192 g/mol. The highest BCUT2D eigenvalue weighted by atomic mass is 16.1. The molecule has 1 amide bonds. The van der Waals surface area contributed by atoms with Crippen molar-refractivity contribution in [3.63, 3.8) is 0 Å². The Kier molecular flexibility index (Phi) is 3.24. The van der Waals surface area contributed by atoms with Crippen molar-refractivity contribution in [2.24, 2.45) is 0 Å². The fourth-order valence-electron chi connectivity index (χ4n) is 1.05. The Bertz CT molecular complexity index is 375. The summed E-state index contributed by atoms with van der Waals surface area (Å²) in [6.45, 7) is 4.05. The Morgan fingerprint density at radius 2 is 2.43 bits per heavy atom. The minimum atomic E-state index is -0.174. The topological polar surface area (TPSA) is 70.7 Å². The Labute approximate surface area is 82.4 Å². The molecule has 5 heteroatoms. The number of amides is 1. The lowest BCUT2D eigenvalue weighted by Crippen LogP contribution is -2.27. The van der Waals surface area contributed by atoms with Crippen molar-refractivity contribution in [3.05, 3.63) is 17.7 Å². The molecule has 0 aliphatic heterocycles. The van der Waals surface area contributed by atoms with Crippen LogP contribution >= 0.6 is 0 Å². The molecule has 0 radical (unpaired) electrons. The molecule has 0 spiro atoms. The first-order valence-corrected chi connectivity index (χ1v) is 4.27.